The number of hydrogen-bond donors (Lipinski definition) is 1. The van der Waals surface area contributed by atoms with E-state index in [1.54, 1.807) is 13.2 Å². The molecule has 1 unspecified atom stereocenters. The number of fused-ring (bicyclic) bond motifs is 1. The summed E-state index contributed by atoms with van der Waals surface area (Å²) in [6.07, 6.45) is 1.42. The molecule has 1 fully saturated rings. The van der Waals surface area contributed by atoms with Crippen molar-refractivity contribution in [2.75, 3.05) is 38.2 Å². The number of ether oxygens (including phenoxy) is 1. The van der Waals surface area contributed by atoms with Crippen molar-refractivity contribution in [2.24, 2.45) is 0 Å². The Morgan fingerprint density at radius 2 is 1.87 bits per heavy atom. The molecule has 7 nitrogen and oxygen atoms in total. The number of anilines is 1. The number of rotatable bonds is 5. The standard InChI is InChI=1S/C22H22FN5O2S/c1-30-18-7-5-17(6-8-18)26-9-11-27(12-10-26)19(15-3-2-4-16(23)13-15)20-21(29)28-22(31-20)24-14-25-28/h2-8,13-14,19,29H,9-12H2,1H3. The molecule has 0 bridgehead atoms. The second-order valence-electron chi connectivity index (χ2n) is 7.42. The van der Waals surface area contributed by atoms with E-state index in [0.717, 1.165) is 48.1 Å². The molecule has 4 aromatic rings. The first-order valence-electron chi connectivity index (χ1n) is 10.0. The SMILES string of the molecule is COc1ccc(N2CCN(C(c3cccc(F)c3)c3sc4ncnn4c3O)CC2)cc1. The molecular formula is C22H22FN5O2S. The van der Waals surface area contributed by atoms with Crippen LogP contribution in [0.25, 0.3) is 4.96 Å². The third-order valence-electron chi connectivity index (χ3n) is 5.67. The van der Waals surface area contributed by atoms with Gasteiger partial charge in [0.2, 0.25) is 10.8 Å². The van der Waals surface area contributed by atoms with Crippen LogP contribution in [-0.2, 0) is 0 Å². The molecule has 0 amide bonds. The number of hydrogen-bond acceptors (Lipinski definition) is 7. The number of halogens is 1. The van der Waals surface area contributed by atoms with Crippen LogP contribution in [0.3, 0.4) is 0 Å². The lowest BCUT2D eigenvalue weighted by Gasteiger charge is -2.40. The van der Waals surface area contributed by atoms with Crippen LogP contribution in [0.1, 0.15) is 16.5 Å². The third-order valence-corrected chi connectivity index (χ3v) is 6.76. The quantitative estimate of drug-likeness (QED) is 0.513. The molecule has 160 valence electrons. The first-order valence-corrected chi connectivity index (χ1v) is 10.9. The van der Waals surface area contributed by atoms with E-state index in [1.165, 1.54) is 34.3 Å². The van der Waals surface area contributed by atoms with Gasteiger partial charge in [-0.3, -0.25) is 4.90 Å². The molecule has 5 rings (SSSR count). The zero-order valence-corrected chi connectivity index (χ0v) is 17.8. The van der Waals surface area contributed by atoms with Gasteiger partial charge in [0.15, 0.2) is 0 Å². The molecule has 2 aromatic heterocycles. The molecule has 1 atom stereocenters. The summed E-state index contributed by atoms with van der Waals surface area (Å²) in [4.78, 5) is 10.1. The highest BCUT2D eigenvalue weighted by Gasteiger charge is 2.31. The largest absolute Gasteiger partial charge is 0.497 e. The summed E-state index contributed by atoms with van der Waals surface area (Å²) >= 11 is 1.38. The van der Waals surface area contributed by atoms with Crippen LogP contribution in [0.2, 0.25) is 0 Å². The number of nitrogens with zero attached hydrogens (tertiary/aromatic N) is 5. The number of thiazole rings is 1. The second-order valence-corrected chi connectivity index (χ2v) is 8.43. The normalized spacial score (nSPS) is 16.0. The van der Waals surface area contributed by atoms with Crippen molar-refractivity contribution in [3.8, 4) is 11.6 Å². The Bertz CT molecular complexity index is 1180. The van der Waals surface area contributed by atoms with E-state index in [1.807, 2.05) is 18.2 Å². The van der Waals surface area contributed by atoms with Gasteiger partial charge in [-0.25, -0.2) is 9.37 Å². The fraction of sp³-hybridized carbons (Fsp3) is 0.273. The van der Waals surface area contributed by atoms with Crippen molar-refractivity contribution in [1.82, 2.24) is 19.5 Å². The highest BCUT2D eigenvalue weighted by Crippen LogP contribution is 2.40. The van der Waals surface area contributed by atoms with E-state index in [4.69, 9.17) is 4.74 Å². The van der Waals surface area contributed by atoms with Gasteiger partial charge in [-0.2, -0.15) is 9.61 Å². The van der Waals surface area contributed by atoms with Gasteiger partial charge in [-0.05, 0) is 42.0 Å². The van der Waals surface area contributed by atoms with Gasteiger partial charge in [-0.1, -0.05) is 23.5 Å². The molecule has 0 radical (unpaired) electrons. The summed E-state index contributed by atoms with van der Waals surface area (Å²) in [5.41, 5.74) is 1.95. The molecule has 1 N–H and O–H groups in total. The van der Waals surface area contributed by atoms with E-state index in [9.17, 15) is 9.50 Å². The van der Waals surface area contributed by atoms with Gasteiger partial charge < -0.3 is 14.7 Å². The maximum atomic E-state index is 14.1. The van der Waals surface area contributed by atoms with Crippen molar-refractivity contribution >= 4 is 22.0 Å². The average molecular weight is 440 g/mol. The fourth-order valence-corrected chi connectivity index (χ4v) is 5.20. The van der Waals surface area contributed by atoms with Crippen LogP contribution in [0, 0.1) is 5.82 Å². The Morgan fingerprint density at radius 3 is 2.55 bits per heavy atom. The van der Waals surface area contributed by atoms with E-state index < -0.39 is 0 Å². The van der Waals surface area contributed by atoms with Crippen LogP contribution in [0.15, 0.2) is 54.9 Å². The van der Waals surface area contributed by atoms with Gasteiger partial charge >= 0.3 is 0 Å². The molecule has 1 aliphatic rings. The number of aromatic hydroxyl groups is 1. The molecule has 1 aliphatic heterocycles. The second kappa shape index (κ2) is 8.16. The van der Waals surface area contributed by atoms with Crippen molar-refractivity contribution < 1.29 is 14.2 Å². The maximum Gasteiger partial charge on any atom is 0.230 e. The van der Waals surface area contributed by atoms with Crippen LogP contribution < -0.4 is 9.64 Å². The Labute approximate surface area is 182 Å². The van der Waals surface area contributed by atoms with Crippen LogP contribution in [-0.4, -0.2) is 57.9 Å². The Kier molecular flexibility index (Phi) is 5.21. The van der Waals surface area contributed by atoms with Gasteiger partial charge in [-0.15, -0.1) is 0 Å². The minimum absolute atomic E-state index is 0.0596. The molecule has 9 heteroatoms. The average Bonchev–Trinajstić information content (AvgIpc) is 3.38. The molecule has 0 saturated carbocycles. The van der Waals surface area contributed by atoms with Crippen molar-refractivity contribution in [2.45, 2.75) is 6.04 Å². The van der Waals surface area contributed by atoms with Gasteiger partial charge in [0.05, 0.1) is 18.0 Å². The summed E-state index contributed by atoms with van der Waals surface area (Å²) in [6.45, 7) is 3.17. The van der Waals surface area contributed by atoms with Crippen LogP contribution in [0.5, 0.6) is 11.6 Å². The number of piperazine rings is 1. The monoisotopic (exact) mass is 439 g/mol. The molecule has 2 aromatic carbocycles. The number of benzene rings is 2. The molecule has 3 heterocycles. The number of methoxy groups -OCH3 is 1. The lowest BCUT2D eigenvalue weighted by molar-refractivity contribution is 0.211. The smallest absolute Gasteiger partial charge is 0.230 e. The van der Waals surface area contributed by atoms with Crippen LogP contribution in [0.4, 0.5) is 10.1 Å². The van der Waals surface area contributed by atoms with Gasteiger partial charge in [0, 0.05) is 31.9 Å². The van der Waals surface area contributed by atoms with E-state index in [-0.39, 0.29) is 17.7 Å². The summed E-state index contributed by atoms with van der Waals surface area (Å²) in [6, 6.07) is 14.4. The highest BCUT2D eigenvalue weighted by molar-refractivity contribution is 7.17. The lowest BCUT2D eigenvalue weighted by atomic mass is 10.0. The lowest BCUT2D eigenvalue weighted by Crippen LogP contribution is -2.47. The molecule has 1 saturated heterocycles. The Morgan fingerprint density at radius 1 is 1.10 bits per heavy atom. The highest BCUT2D eigenvalue weighted by atomic mass is 32.1. The van der Waals surface area contributed by atoms with E-state index >= 15 is 0 Å². The van der Waals surface area contributed by atoms with E-state index in [2.05, 4.69) is 32.0 Å². The molecule has 31 heavy (non-hydrogen) atoms. The maximum absolute atomic E-state index is 14.1. The zero-order chi connectivity index (χ0) is 21.4. The summed E-state index contributed by atoms with van der Waals surface area (Å²) in [7, 11) is 1.66. The summed E-state index contributed by atoms with van der Waals surface area (Å²) in [5, 5.41) is 14.9. The minimum atomic E-state index is -0.293. The molecular weight excluding hydrogens is 417 g/mol. The topological polar surface area (TPSA) is 66.1 Å². The van der Waals surface area contributed by atoms with E-state index in [0.29, 0.717) is 4.96 Å². The van der Waals surface area contributed by atoms with Crippen LogP contribution >= 0.6 is 11.3 Å². The fourth-order valence-electron chi connectivity index (χ4n) is 4.11. The van der Waals surface area contributed by atoms with Crippen molar-refractivity contribution in [3.63, 3.8) is 0 Å². The predicted molar refractivity (Wildman–Crippen MR) is 118 cm³/mol. The molecule has 0 aliphatic carbocycles. The Hall–Kier alpha value is -3.17. The van der Waals surface area contributed by atoms with Crippen molar-refractivity contribution in [3.05, 3.63) is 71.1 Å². The van der Waals surface area contributed by atoms with Crippen molar-refractivity contribution in [1.29, 1.82) is 0 Å². The Balaban J connectivity index is 1.43. The first kappa shape index (κ1) is 19.8. The molecule has 0 spiro atoms. The van der Waals surface area contributed by atoms with Gasteiger partial charge in [0.1, 0.15) is 17.9 Å². The number of aromatic nitrogens is 3. The predicted octanol–water partition coefficient (Wildman–Crippen LogP) is 3.56. The third kappa shape index (κ3) is 3.70. The first-order chi connectivity index (χ1) is 15.1. The minimum Gasteiger partial charge on any atom is -0.497 e. The zero-order valence-electron chi connectivity index (χ0n) is 17.0. The van der Waals surface area contributed by atoms with Gasteiger partial charge in [0.25, 0.3) is 0 Å². The summed E-state index contributed by atoms with van der Waals surface area (Å²) < 4.78 is 20.8. The summed E-state index contributed by atoms with van der Waals surface area (Å²) in [5.74, 6) is 0.600.